The topological polar surface area (TPSA) is 69.7 Å². The van der Waals surface area contributed by atoms with Crippen LogP contribution in [0.15, 0.2) is 35.2 Å². The summed E-state index contributed by atoms with van der Waals surface area (Å²) in [7, 11) is -3.44. The molecule has 1 fully saturated rings. The predicted octanol–water partition coefficient (Wildman–Crippen LogP) is 0.518. The molecule has 1 saturated heterocycles. The minimum absolute atomic E-state index is 0.0122. The van der Waals surface area contributed by atoms with Crippen LogP contribution in [-0.4, -0.2) is 62.3 Å². The highest BCUT2D eigenvalue weighted by Crippen LogP contribution is 2.18. The van der Waals surface area contributed by atoms with Crippen molar-refractivity contribution in [2.24, 2.45) is 0 Å². The number of hydrogen-bond acceptors (Lipinski definition) is 4. The molecule has 6 nitrogen and oxygen atoms in total. The van der Waals surface area contributed by atoms with Crippen LogP contribution in [0.25, 0.3) is 0 Å². The van der Waals surface area contributed by atoms with Gasteiger partial charge in [0.2, 0.25) is 15.9 Å². The van der Waals surface area contributed by atoms with Crippen LogP contribution in [0.3, 0.4) is 0 Å². The fourth-order valence-corrected chi connectivity index (χ4v) is 4.00. The van der Waals surface area contributed by atoms with E-state index in [4.69, 9.17) is 0 Å². The van der Waals surface area contributed by atoms with Crippen molar-refractivity contribution in [1.82, 2.24) is 14.5 Å². The van der Waals surface area contributed by atoms with Gasteiger partial charge in [-0.1, -0.05) is 18.2 Å². The summed E-state index contributed by atoms with van der Waals surface area (Å²) in [5, 5.41) is 2.80. The normalized spacial score (nSPS) is 18.8. The predicted molar refractivity (Wildman–Crippen MR) is 84.9 cm³/mol. The van der Waals surface area contributed by atoms with E-state index in [9.17, 15) is 13.2 Å². The lowest BCUT2D eigenvalue weighted by atomic mass is 10.2. The molecule has 0 aromatic heterocycles. The van der Waals surface area contributed by atoms with Crippen LogP contribution in [0.2, 0.25) is 0 Å². The van der Waals surface area contributed by atoms with E-state index in [0.29, 0.717) is 37.6 Å². The Morgan fingerprint density at radius 2 is 1.77 bits per heavy atom. The van der Waals surface area contributed by atoms with Gasteiger partial charge in [-0.3, -0.25) is 9.69 Å². The van der Waals surface area contributed by atoms with Crippen LogP contribution >= 0.6 is 0 Å². The first-order valence-corrected chi connectivity index (χ1v) is 8.97. The highest BCUT2D eigenvalue weighted by molar-refractivity contribution is 7.89. The summed E-state index contributed by atoms with van der Waals surface area (Å²) >= 11 is 0. The van der Waals surface area contributed by atoms with Crippen molar-refractivity contribution in [3.05, 3.63) is 30.3 Å². The third-order valence-corrected chi connectivity index (χ3v) is 5.85. The smallest absolute Gasteiger partial charge is 0.243 e. The van der Waals surface area contributed by atoms with Crippen molar-refractivity contribution in [2.45, 2.75) is 24.8 Å². The Morgan fingerprint density at radius 3 is 2.32 bits per heavy atom. The van der Waals surface area contributed by atoms with E-state index in [1.54, 1.807) is 30.3 Å². The minimum Gasteiger partial charge on any atom is -0.355 e. The van der Waals surface area contributed by atoms with Gasteiger partial charge in [-0.2, -0.15) is 4.31 Å². The molecule has 1 aromatic rings. The second-order valence-corrected chi connectivity index (χ2v) is 7.26. The van der Waals surface area contributed by atoms with Crippen molar-refractivity contribution < 1.29 is 13.2 Å². The maximum absolute atomic E-state index is 12.5. The summed E-state index contributed by atoms with van der Waals surface area (Å²) in [4.78, 5) is 14.2. The van der Waals surface area contributed by atoms with Crippen molar-refractivity contribution in [2.75, 3.05) is 32.7 Å². The van der Waals surface area contributed by atoms with Crippen molar-refractivity contribution in [1.29, 1.82) is 0 Å². The molecule has 1 amide bonds. The number of nitrogens with one attached hydrogen (secondary N) is 1. The molecule has 7 heteroatoms. The number of carbonyl (C=O) groups excluding carboxylic acids is 1. The molecule has 1 N–H and O–H groups in total. The molecule has 1 atom stereocenters. The van der Waals surface area contributed by atoms with Crippen LogP contribution in [0.5, 0.6) is 0 Å². The van der Waals surface area contributed by atoms with E-state index in [1.165, 1.54) is 4.31 Å². The molecule has 0 bridgehead atoms. The van der Waals surface area contributed by atoms with Gasteiger partial charge in [0, 0.05) is 32.7 Å². The third-order valence-electron chi connectivity index (χ3n) is 3.93. The van der Waals surface area contributed by atoms with E-state index in [0.717, 1.165) is 0 Å². The molecule has 0 aliphatic carbocycles. The van der Waals surface area contributed by atoms with E-state index in [-0.39, 0.29) is 11.9 Å². The molecule has 0 spiro atoms. The molecule has 0 unspecified atom stereocenters. The first-order chi connectivity index (χ1) is 10.5. The Balaban J connectivity index is 1.99. The van der Waals surface area contributed by atoms with Crippen molar-refractivity contribution in [3.63, 3.8) is 0 Å². The quantitative estimate of drug-likeness (QED) is 0.857. The van der Waals surface area contributed by atoms with Gasteiger partial charge in [0.25, 0.3) is 0 Å². The minimum atomic E-state index is -3.44. The average molecular weight is 325 g/mol. The molecule has 2 rings (SSSR count). The Labute approximate surface area is 132 Å². The Bertz CT molecular complexity index is 596. The molecule has 1 aliphatic rings. The third kappa shape index (κ3) is 3.66. The number of likely N-dealkylation sites (N-methyl/N-ethyl adjacent to an activating group) is 1. The number of amides is 1. The molecule has 1 aliphatic heterocycles. The lowest BCUT2D eigenvalue weighted by Crippen LogP contribution is -2.54. The summed E-state index contributed by atoms with van der Waals surface area (Å²) in [6, 6.07) is 8.23. The number of piperazine rings is 1. The van der Waals surface area contributed by atoms with E-state index in [1.807, 2.05) is 18.7 Å². The summed E-state index contributed by atoms with van der Waals surface area (Å²) < 4.78 is 26.5. The van der Waals surface area contributed by atoms with Gasteiger partial charge in [-0.25, -0.2) is 8.42 Å². The average Bonchev–Trinajstić information content (AvgIpc) is 2.55. The number of rotatable bonds is 5. The van der Waals surface area contributed by atoms with E-state index >= 15 is 0 Å². The van der Waals surface area contributed by atoms with E-state index in [2.05, 4.69) is 5.32 Å². The zero-order valence-corrected chi connectivity index (χ0v) is 13.8. The summed E-state index contributed by atoms with van der Waals surface area (Å²) in [6.07, 6.45) is 0. The maximum Gasteiger partial charge on any atom is 0.243 e. The van der Waals surface area contributed by atoms with Gasteiger partial charge in [0.1, 0.15) is 0 Å². The molecule has 1 heterocycles. The summed E-state index contributed by atoms with van der Waals surface area (Å²) in [5.41, 5.74) is 0. The molecule has 122 valence electrons. The van der Waals surface area contributed by atoms with Gasteiger partial charge in [-0.05, 0) is 26.0 Å². The lowest BCUT2D eigenvalue weighted by Gasteiger charge is -2.36. The highest BCUT2D eigenvalue weighted by atomic mass is 32.2. The standard InChI is InChI=1S/C15H23N3O3S/c1-3-16-15(19)13(2)17-9-11-18(12-10-17)22(20,21)14-7-5-4-6-8-14/h4-8,13H,3,9-12H2,1-2H3,(H,16,19)/t13-/m1/s1. The molecule has 1 aromatic carbocycles. The van der Waals surface area contributed by atoms with Gasteiger partial charge < -0.3 is 5.32 Å². The molecule has 0 saturated carbocycles. The zero-order chi connectivity index (χ0) is 16.2. The number of carbonyl (C=O) groups is 1. The molecular weight excluding hydrogens is 302 g/mol. The van der Waals surface area contributed by atoms with Crippen molar-refractivity contribution >= 4 is 15.9 Å². The summed E-state index contributed by atoms with van der Waals surface area (Å²) in [6.45, 7) is 6.27. The molecule has 0 radical (unpaired) electrons. The van der Waals surface area contributed by atoms with Crippen LogP contribution < -0.4 is 5.32 Å². The number of nitrogens with zero attached hydrogens (tertiary/aromatic N) is 2. The van der Waals surface area contributed by atoms with E-state index < -0.39 is 10.0 Å². The Hall–Kier alpha value is -1.44. The second kappa shape index (κ2) is 7.21. The molecular formula is C15H23N3O3S. The fraction of sp³-hybridized carbons (Fsp3) is 0.533. The first-order valence-electron chi connectivity index (χ1n) is 7.53. The van der Waals surface area contributed by atoms with Gasteiger partial charge in [0.15, 0.2) is 0 Å². The number of sulfonamides is 1. The Kier molecular flexibility index (Phi) is 5.55. The van der Waals surface area contributed by atoms with Gasteiger partial charge >= 0.3 is 0 Å². The highest BCUT2D eigenvalue weighted by Gasteiger charge is 2.31. The monoisotopic (exact) mass is 325 g/mol. The number of hydrogen-bond donors (Lipinski definition) is 1. The number of benzene rings is 1. The van der Waals surface area contributed by atoms with Crippen LogP contribution in [0.4, 0.5) is 0 Å². The Morgan fingerprint density at radius 1 is 1.18 bits per heavy atom. The second-order valence-electron chi connectivity index (χ2n) is 5.32. The summed E-state index contributed by atoms with van der Waals surface area (Å²) in [5.74, 6) is -0.0122. The van der Waals surface area contributed by atoms with Crippen LogP contribution in [-0.2, 0) is 14.8 Å². The van der Waals surface area contributed by atoms with Crippen LogP contribution in [0, 0.1) is 0 Å². The van der Waals surface area contributed by atoms with Gasteiger partial charge in [0.05, 0.1) is 10.9 Å². The maximum atomic E-state index is 12.5. The fourth-order valence-electron chi connectivity index (χ4n) is 2.56. The largest absolute Gasteiger partial charge is 0.355 e. The first kappa shape index (κ1) is 16.9. The SMILES string of the molecule is CCNC(=O)[C@@H](C)N1CCN(S(=O)(=O)c2ccccc2)CC1. The molecule has 22 heavy (non-hydrogen) atoms. The van der Waals surface area contributed by atoms with Crippen LogP contribution in [0.1, 0.15) is 13.8 Å². The lowest BCUT2D eigenvalue weighted by molar-refractivity contribution is -0.126. The van der Waals surface area contributed by atoms with Crippen molar-refractivity contribution in [3.8, 4) is 0 Å². The van der Waals surface area contributed by atoms with Gasteiger partial charge in [-0.15, -0.1) is 0 Å². The zero-order valence-electron chi connectivity index (χ0n) is 13.0.